The zero-order chi connectivity index (χ0) is 20.9. The van der Waals surface area contributed by atoms with Crippen molar-refractivity contribution in [3.05, 3.63) is 65.2 Å². The molecule has 1 fully saturated rings. The fourth-order valence-electron chi connectivity index (χ4n) is 3.51. The van der Waals surface area contributed by atoms with Gasteiger partial charge in [0.1, 0.15) is 0 Å². The third-order valence-electron chi connectivity index (χ3n) is 5.36. The fourth-order valence-corrected chi connectivity index (χ4v) is 4.60. The molecule has 6 nitrogen and oxygen atoms in total. The van der Waals surface area contributed by atoms with Crippen LogP contribution in [0.15, 0.2) is 48.5 Å². The molecule has 29 heavy (non-hydrogen) atoms. The van der Waals surface area contributed by atoms with Crippen molar-refractivity contribution < 1.29 is 13.2 Å². The van der Waals surface area contributed by atoms with Crippen LogP contribution in [0.3, 0.4) is 0 Å². The van der Waals surface area contributed by atoms with Gasteiger partial charge in [0.15, 0.2) is 0 Å². The van der Waals surface area contributed by atoms with E-state index in [-0.39, 0.29) is 11.7 Å². The summed E-state index contributed by atoms with van der Waals surface area (Å²) in [5, 5.41) is 2.99. The Morgan fingerprint density at radius 1 is 0.966 bits per heavy atom. The molecule has 0 aromatic heterocycles. The van der Waals surface area contributed by atoms with Gasteiger partial charge in [0.05, 0.1) is 5.75 Å². The van der Waals surface area contributed by atoms with Crippen molar-refractivity contribution in [2.24, 2.45) is 0 Å². The first-order valence-corrected chi connectivity index (χ1v) is 11.7. The van der Waals surface area contributed by atoms with Crippen LogP contribution < -0.4 is 5.32 Å². The Balaban J connectivity index is 1.56. The highest BCUT2D eigenvalue weighted by Gasteiger charge is 2.25. The number of hydrogen-bond donors (Lipinski definition) is 1. The smallest absolute Gasteiger partial charge is 0.255 e. The topological polar surface area (TPSA) is 69.7 Å². The van der Waals surface area contributed by atoms with E-state index in [0.717, 1.165) is 42.9 Å². The van der Waals surface area contributed by atoms with Crippen LogP contribution in [0.25, 0.3) is 0 Å². The average molecular weight is 416 g/mol. The van der Waals surface area contributed by atoms with E-state index in [4.69, 9.17) is 0 Å². The quantitative estimate of drug-likeness (QED) is 0.755. The molecular weight excluding hydrogens is 386 g/mol. The van der Waals surface area contributed by atoms with Crippen LogP contribution in [0, 0.1) is 0 Å². The van der Waals surface area contributed by atoms with Gasteiger partial charge in [0.2, 0.25) is 10.0 Å². The van der Waals surface area contributed by atoms with E-state index in [0.29, 0.717) is 18.7 Å². The third kappa shape index (κ3) is 5.44. The number of nitrogens with zero attached hydrogens (tertiary/aromatic N) is 2. The number of rotatable bonds is 7. The fraction of sp³-hybridized carbons (Fsp3) is 0.409. The van der Waals surface area contributed by atoms with Gasteiger partial charge in [-0.3, -0.25) is 9.69 Å². The van der Waals surface area contributed by atoms with Gasteiger partial charge >= 0.3 is 0 Å². The molecule has 0 radical (unpaired) electrons. The Morgan fingerprint density at radius 2 is 1.62 bits per heavy atom. The van der Waals surface area contributed by atoms with Crippen molar-refractivity contribution in [2.45, 2.75) is 26.8 Å². The summed E-state index contributed by atoms with van der Waals surface area (Å²) in [5.74, 6) is 0.0371. The zero-order valence-electron chi connectivity index (χ0n) is 17.1. The summed E-state index contributed by atoms with van der Waals surface area (Å²) in [6.07, 6.45) is 0.863. The number of carbonyl (C=O) groups excluding carboxylic acids is 1. The standard InChI is InChI=1S/C22H29N3O3S/c1-3-19-7-5-6-8-21(19)23-22(26)20-11-9-18(10-12-20)17-24-13-15-25(16-14-24)29(27,28)4-2/h5-12H,3-4,13-17H2,1-2H3,(H,23,26). The molecular formula is C22H29N3O3S. The molecule has 1 saturated heterocycles. The lowest BCUT2D eigenvalue weighted by Crippen LogP contribution is -2.48. The first-order chi connectivity index (χ1) is 13.9. The molecule has 7 heteroatoms. The van der Waals surface area contributed by atoms with Gasteiger partial charge in [-0.25, -0.2) is 8.42 Å². The number of aryl methyl sites for hydroxylation is 1. The average Bonchev–Trinajstić information content (AvgIpc) is 2.75. The predicted octanol–water partition coefficient (Wildman–Crippen LogP) is 2.97. The molecule has 0 bridgehead atoms. The van der Waals surface area contributed by atoms with Crippen molar-refractivity contribution in [3.63, 3.8) is 0 Å². The summed E-state index contributed by atoms with van der Waals surface area (Å²) >= 11 is 0. The molecule has 1 heterocycles. The Labute approximate surface area is 173 Å². The molecule has 0 unspecified atom stereocenters. The number of amides is 1. The van der Waals surface area contributed by atoms with E-state index in [1.54, 1.807) is 11.2 Å². The monoisotopic (exact) mass is 415 g/mol. The maximum atomic E-state index is 12.6. The van der Waals surface area contributed by atoms with E-state index >= 15 is 0 Å². The van der Waals surface area contributed by atoms with Gasteiger partial charge in [-0.15, -0.1) is 0 Å². The maximum absolute atomic E-state index is 12.6. The largest absolute Gasteiger partial charge is 0.322 e. The zero-order valence-corrected chi connectivity index (χ0v) is 17.9. The summed E-state index contributed by atoms with van der Waals surface area (Å²) in [4.78, 5) is 14.8. The van der Waals surface area contributed by atoms with E-state index in [2.05, 4.69) is 17.1 Å². The molecule has 2 aromatic rings. The van der Waals surface area contributed by atoms with Gasteiger partial charge in [-0.2, -0.15) is 4.31 Å². The second-order valence-electron chi connectivity index (χ2n) is 7.24. The minimum absolute atomic E-state index is 0.115. The molecule has 0 aliphatic carbocycles. The molecule has 0 spiro atoms. The lowest BCUT2D eigenvalue weighted by atomic mass is 10.1. The lowest BCUT2D eigenvalue weighted by molar-refractivity contribution is 0.102. The van der Waals surface area contributed by atoms with Crippen molar-refractivity contribution in [3.8, 4) is 0 Å². The second kappa shape index (κ2) is 9.52. The molecule has 1 amide bonds. The predicted molar refractivity (Wildman–Crippen MR) is 117 cm³/mol. The summed E-state index contributed by atoms with van der Waals surface area (Å²) in [5.41, 5.74) is 3.70. The molecule has 1 aliphatic rings. The Kier molecular flexibility index (Phi) is 7.05. The summed E-state index contributed by atoms with van der Waals surface area (Å²) in [6.45, 7) is 7.00. The lowest BCUT2D eigenvalue weighted by Gasteiger charge is -2.33. The van der Waals surface area contributed by atoms with Gasteiger partial charge < -0.3 is 5.32 Å². The van der Waals surface area contributed by atoms with Crippen molar-refractivity contribution >= 4 is 21.6 Å². The van der Waals surface area contributed by atoms with E-state index < -0.39 is 10.0 Å². The highest BCUT2D eigenvalue weighted by Crippen LogP contribution is 2.17. The van der Waals surface area contributed by atoms with Crippen molar-refractivity contribution in [1.82, 2.24) is 9.21 Å². The number of carbonyl (C=O) groups is 1. The van der Waals surface area contributed by atoms with Crippen LogP contribution in [0.4, 0.5) is 5.69 Å². The Bertz CT molecular complexity index is 934. The number of piperazine rings is 1. The molecule has 156 valence electrons. The van der Waals surface area contributed by atoms with Crippen LogP contribution in [-0.4, -0.2) is 55.5 Å². The van der Waals surface area contributed by atoms with Gasteiger partial charge in [0, 0.05) is 44.0 Å². The first kappa shape index (κ1) is 21.5. The SMILES string of the molecule is CCc1ccccc1NC(=O)c1ccc(CN2CCN(S(=O)(=O)CC)CC2)cc1. The van der Waals surface area contributed by atoms with Crippen LogP contribution in [0.2, 0.25) is 0 Å². The van der Waals surface area contributed by atoms with Crippen LogP contribution >= 0.6 is 0 Å². The highest BCUT2D eigenvalue weighted by atomic mass is 32.2. The molecule has 3 rings (SSSR count). The maximum Gasteiger partial charge on any atom is 0.255 e. The third-order valence-corrected chi connectivity index (χ3v) is 7.24. The van der Waals surface area contributed by atoms with E-state index in [1.807, 2.05) is 48.5 Å². The number of benzene rings is 2. The van der Waals surface area contributed by atoms with Gasteiger partial charge in [0.25, 0.3) is 5.91 Å². The Hall–Kier alpha value is -2.22. The second-order valence-corrected chi connectivity index (χ2v) is 9.50. The molecule has 1 aliphatic heterocycles. The van der Waals surface area contributed by atoms with Crippen molar-refractivity contribution in [1.29, 1.82) is 0 Å². The highest BCUT2D eigenvalue weighted by molar-refractivity contribution is 7.89. The molecule has 1 N–H and O–H groups in total. The van der Waals surface area contributed by atoms with Crippen molar-refractivity contribution in [2.75, 3.05) is 37.2 Å². The molecule has 0 atom stereocenters. The molecule has 2 aromatic carbocycles. The van der Waals surface area contributed by atoms with Crippen LogP contribution in [0.1, 0.15) is 35.3 Å². The summed E-state index contributed by atoms with van der Waals surface area (Å²) in [6, 6.07) is 15.5. The Morgan fingerprint density at radius 3 is 2.24 bits per heavy atom. The summed E-state index contributed by atoms with van der Waals surface area (Å²) < 4.78 is 25.5. The van der Waals surface area contributed by atoms with Crippen LogP contribution in [0.5, 0.6) is 0 Å². The number of nitrogens with one attached hydrogen (secondary N) is 1. The summed E-state index contributed by atoms with van der Waals surface area (Å²) in [7, 11) is -3.10. The van der Waals surface area contributed by atoms with Gasteiger partial charge in [-0.05, 0) is 42.7 Å². The first-order valence-electron chi connectivity index (χ1n) is 10.1. The molecule has 0 saturated carbocycles. The minimum atomic E-state index is -3.10. The number of para-hydroxylation sites is 1. The number of sulfonamides is 1. The number of hydrogen-bond acceptors (Lipinski definition) is 4. The number of anilines is 1. The van der Waals surface area contributed by atoms with E-state index in [9.17, 15) is 13.2 Å². The normalized spacial score (nSPS) is 15.9. The van der Waals surface area contributed by atoms with Gasteiger partial charge in [-0.1, -0.05) is 37.3 Å². The van der Waals surface area contributed by atoms with Crippen LogP contribution in [-0.2, 0) is 23.0 Å². The minimum Gasteiger partial charge on any atom is -0.322 e. The van der Waals surface area contributed by atoms with E-state index in [1.165, 1.54) is 0 Å².